The van der Waals surface area contributed by atoms with Crippen molar-refractivity contribution in [2.75, 3.05) is 24.7 Å². The van der Waals surface area contributed by atoms with Crippen molar-refractivity contribution in [3.05, 3.63) is 59.4 Å². The Labute approximate surface area is 215 Å². The summed E-state index contributed by atoms with van der Waals surface area (Å²) in [5.41, 5.74) is 1.22. The minimum atomic E-state index is -2.77. The third kappa shape index (κ3) is 4.76. The Morgan fingerprint density at radius 3 is 2.86 bits per heavy atom. The second-order valence-corrected chi connectivity index (χ2v) is 8.28. The molecular weight excluding hydrogens is 481 g/mol. The number of fused-ring (bicyclic) bond motifs is 6. The highest BCUT2D eigenvalue weighted by Gasteiger charge is 2.23. The maximum absolute atomic E-state index is 14.6. The van der Waals surface area contributed by atoms with Crippen LogP contribution in [-0.2, 0) is 13.5 Å². The Bertz CT molecular complexity index is 1600. The van der Waals surface area contributed by atoms with Crippen LogP contribution < -0.4 is 20.7 Å². The zero-order valence-corrected chi connectivity index (χ0v) is 19.8. The van der Waals surface area contributed by atoms with E-state index in [2.05, 4.69) is 35.9 Å². The maximum Gasteiger partial charge on any atom is 0.273 e. The minimum absolute atomic E-state index is 0.0917. The van der Waals surface area contributed by atoms with Crippen molar-refractivity contribution in [1.82, 2.24) is 35.3 Å². The van der Waals surface area contributed by atoms with Crippen LogP contribution in [0.15, 0.2) is 36.7 Å². The van der Waals surface area contributed by atoms with E-state index in [0.29, 0.717) is 34.8 Å². The summed E-state index contributed by atoms with van der Waals surface area (Å²) in [4.78, 5) is 21.4. The zero-order chi connectivity index (χ0) is 28.6. The molecule has 1 aliphatic rings. The van der Waals surface area contributed by atoms with Gasteiger partial charge in [0.05, 0.1) is 30.2 Å². The largest absolute Gasteiger partial charge is 0.494 e. The lowest BCUT2D eigenvalue weighted by atomic mass is 10.00. The number of ether oxygens (including phenoxy) is 1. The molecule has 4 heterocycles. The number of halogens is 1. The number of aliphatic hydroxyl groups is 1. The van der Waals surface area contributed by atoms with Gasteiger partial charge in [0, 0.05) is 24.2 Å². The third-order valence-corrected chi connectivity index (χ3v) is 5.74. The number of rotatable bonds is 3. The van der Waals surface area contributed by atoms with E-state index in [-0.39, 0.29) is 35.1 Å². The first kappa shape index (κ1) is 20.5. The molecule has 5 rings (SSSR count). The topological polar surface area (TPSA) is 152 Å². The Kier molecular flexibility index (Phi) is 5.43. The number of hydrogen-bond acceptors (Lipinski definition) is 10. The quantitative estimate of drug-likeness (QED) is 0.325. The summed E-state index contributed by atoms with van der Waals surface area (Å²) >= 11 is 0. The molecule has 0 fully saturated rings. The Balaban J connectivity index is 1.70. The number of benzene rings is 1. The highest BCUT2D eigenvalue weighted by atomic mass is 19.1. The fourth-order valence-electron chi connectivity index (χ4n) is 4.03. The Hall–Kier alpha value is -4.65. The standard InChI is InChI=1S/C24H24FN9O3/c1-26-24(36)21-15-10-19(31-32-21)29-18-7-5-14(25)20(30-18)17(35)6-4-12-8-13(23-27-11-34(2)33-23)22(37-3)16(9-12)28-15/h5,7-11,17,28,35H,4,6H2,1-3H3,(H,26,36)(H,29,30,31)/i1D3. The molecule has 1 unspecified atom stereocenters. The van der Waals surface area contributed by atoms with Crippen molar-refractivity contribution in [3.63, 3.8) is 0 Å². The van der Waals surface area contributed by atoms with E-state index in [1.807, 2.05) is 5.32 Å². The molecule has 0 aliphatic carbocycles. The molecule has 6 bridgehead atoms. The number of hydrogen-bond donors (Lipinski definition) is 4. The van der Waals surface area contributed by atoms with Gasteiger partial charge < -0.3 is 25.8 Å². The predicted molar refractivity (Wildman–Crippen MR) is 132 cm³/mol. The molecule has 0 spiro atoms. The van der Waals surface area contributed by atoms with E-state index in [4.69, 9.17) is 8.85 Å². The van der Waals surface area contributed by atoms with E-state index in [1.165, 1.54) is 36.3 Å². The third-order valence-electron chi connectivity index (χ3n) is 5.74. The van der Waals surface area contributed by atoms with Crippen LogP contribution in [0, 0.1) is 5.82 Å². The fourth-order valence-corrected chi connectivity index (χ4v) is 4.03. The minimum Gasteiger partial charge on any atom is -0.494 e. The van der Waals surface area contributed by atoms with Gasteiger partial charge in [-0.3, -0.25) is 9.48 Å². The van der Waals surface area contributed by atoms with Crippen molar-refractivity contribution < 1.29 is 23.1 Å². The number of methoxy groups -OCH3 is 1. The normalized spacial score (nSPS) is 16.2. The SMILES string of the molecule is [2H]C([2H])([2H])NC(=O)c1nnc2cc1Nc1cc(cc(-c3ncn(C)n3)c1OC)CCC(O)c1nc(ccc1F)N2. The molecular formula is C24H24FN9O3. The lowest BCUT2D eigenvalue weighted by Crippen LogP contribution is -2.21. The van der Waals surface area contributed by atoms with Crippen molar-refractivity contribution in [3.8, 4) is 17.1 Å². The number of nitrogens with zero attached hydrogens (tertiary/aromatic N) is 6. The summed E-state index contributed by atoms with van der Waals surface area (Å²) in [7, 11) is 3.17. The van der Waals surface area contributed by atoms with Gasteiger partial charge in [-0.15, -0.1) is 10.2 Å². The summed E-state index contributed by atoms with van der Waals surface area (Å²) in [5, 5.41) is 31.0. The lowest BCUT2D eigenvalue weighted by molar-refractivity contribution is 0.0958. The number of carbonyl (C=O) groups is 1. The van der Waals surface area contributed by atoms with Crippen molar-refractivity contribution in [2.45, 2.75) is 18.9 Å². The molecule has 1 atom stereocenters. The van der Waals surface area contributed by atoms with Crippen LogP contribution in [0.5, 0.6) is 5.75 Å². The van der Waals surface area contributed by atoms with Crippen LogP contribution >= 0.6 is 0 Å². The molecule has 1 aromatic carbocycles. The van der Waals surface area contributed by atoms with Crippen LogP contribution in [0.4, 0.5) is 27.4 Å². The van der Waals surface area contributed by atoms with Crippen LogP contribution in [0.3, 0.4) is 0 Å². The predicted octanol–water partition coefficient (Wildman–Crippen LogP) is 2.64. The monoisotopic (exact) mass is 508 g/mol. The molecule has 190 valence electrons. The number of carbonyl (C=O) groups excluding carboxylic acids is 1. The Morgan fingerprint density at radius 1 is 1.24 bits per heavy atom. The number of amides is 1. The van der Waals surface area contributed by atoms with E-state index in [9.17, 15) is 14.3 Å². The maximum atomic E-state index is 14.6. The van der Waals surface area contributed by atoms with Gasteiger partial charge >= 0.3 is 0 Å². The van der Waals surface area contributed by atoms with E-state index >= 15 is 0 Å². The molecule has 0 saturated heterocycles. The van der Waals surface area contributed by atoms with E-state index in [1.54, 1.807) is 19.2 Å². The summed E-state index contributed by atoms with van der Waals surface area (Å²) in [6, 6.07) is 7.46. The molecule has 1 amide bonds. The molecule has 1 aliphatic heterocycles. The van der Waals surface area contributed by atoms with Gasteiger partial charge in [-0.05, 0) is 42.7 Å². The summed E-state index contributed by atoms with van der Waals surface area (Å²) < 4.78 is 44.1. The fraction of sp³-hybridized carbons (Fsp3) is 0.250. The highest BCUT2D eigenvalue weighted by molar-refractivity contribution is 5.99. The van der Waals surface area contributed by atoms with Crippen molar-refractivity contribution in [1.29, 1.82) is 0 Å². The van der Waals surface area contributed by atoms with E-state index < -0.39 is 24.8 Å². The van der Waals surface area contributed by atoms with Crippen molar-refractivity contribution >= 4 is 28.9 Å². The summed E-state index contributed by atoms with van der Waals surface area (Å²) in [6.07, 6.45) is 0.733. The Morgan fingerprint density at radius 2 is 2.11 bits per heavy atom. The highest BCUT2D eigenvalue weighted by Crippen LogP contribution is 2.39. The number of nitrogens with one attached hydrogen (secondary N) is 3. The van der Waals surface area contributed by atoms with Gasteiger partial charge in [-0.1, -0.05) is 0 Å². The average Bonchev–Trinajstić information content (AvgIpc) is 3.33. The smallest absolute Gasteiger partial charge is 0.273 e. The first-order valence-electron chi connectivity index (χ1n) is 12.7. The number of aromatic nitrogens is 6. The second kappa shape index (κ2) is 9.78. The molecule has 12 nitrogen and oxygen atoms in total. The molecule has 13 heteroatoms. The number of pyridine rings is 1. The van der Waals surface area contributed by atoms with Crippen LogP contribution in [0.1, 0.15) is 38.4 Å². The zero-order valence-electron chi connectivity index (χ0n) is 22.8. The van der Waals surface area contributed by atoms with Gasteiger partial charge in [0.15, 0.2) is 23.1 Å². The molecule has 0 saturated carbocycles. The van der Waals surface area contributed by atoms with Gasteiger partial charge in [-0.2, -0.15) is 5.10 Å². The number of aliphatic hydroxyl groups excluding tert-OH is 1. The summed E-state index contributed by atoms with van der Waals surface area (Å²) in [5.74, 6) is -0.715. The van der Waals surface area contributed by atoms with Gasteiger partial charge in [-0.25, -0.2) is 14.4 Å². The molecule has 0 radical (unpaired) electrons. The molecule has 4 N–H and O–H groups in total. The first-order valence-corrected chi connectivity index (χ1v) is 11.2. The van der Waals surface area contributed by atoms with Crippen LogP contribution in [-0.4, -0.2) is 55.0 Å². The van der Waals surface area contributed by atoms with Crippen molar-refractivity contribution in [2.24, 2.45) is 7.05 Å². The van der Waals surface area contributed by atoms with Gasteiger partial charge in [0.25, 0.3) is 5.91 Å². The summed E-state index contributed by atoms with van der Waals surface area (Å²) in [6.45, 7) is -2.77. The lowest BCUT2D eigenvalue weighted by Gasteiger charge is -2.19. The number of anilines is 4. The number of aryl methyl sites for hydroxylation is 2. The molecule has 4 aromatic rings. The van der Waals surface area contributed by atoms with E-state index in [0.717, 1.165) is 0 Å². The molecule has 3 aromatic heterocycles. The second-order valence-electron chi connectivity index (χ2n) is 8.28. The molecule has 37 heavy (non-hydrogen) atoms. The average molecular weight is 509 g/mol. The van der Waals surface area contributed by atoms with Gasteiger partial charge in [0.2, 0.25) is 0 Å². The van der Waals surface area contributed by atoms with Crippen LogP contribution in [0.2, 0.25) is 0 Å². The van der Waals surface area contributed by atoms with Gasteiger partial charge in [0.1, 0.15) is 23.7 Å². The first-order chi connectivity index (χ1) is 19.0. The van der Waals surface area contributed by atoms with Crippen LogP contribution in [0.25, 0.3) is 11.4 Å².